The van der Waals surface area contributed by atoms with Crippen LogP contribution in [0.4, 0.5) is 11.6 Å². The number of ether oxygens (including phenoxy) is 1. The molecule has 0 spiro atoms. The van der Waals surface area contributed by atoms with Crippen molar-refractivity contribution in [1.29, 1.82) is 0 Å². The van der Waals surface area contributed by atoms with Crippen LogP contribution in [0.3, 0.4) is 0 Å². The smallest absolute Gasteiger partial charge is 0.247 e. The van der Waals surface area contributed by atoms with Gasteiger partial charge < -0.3 is 15.0 Å². The van der Waals surface area contributed by atoms with Crippen LogP contribution in [-0.2, 0) is 0 Å². The molecule has 190 valence electrons. The van der Waals surface area contributed by atoms with Gasteiger partial charge in [0.25, 0.3) is 0 Å². The van der Waals surface area contributed by atoms with E-state index < -0.39 is 0 Å². The van der Waals surface area contributed by atoms with E-state index in [-0.39, 0.29) is 0 Å². The molecule has 8 nitrogen and oxygen atoms in total. The number of benzene rings is 2. The second-order valence-corrected chi connectivity index (χ2v) is 9.62. The van der Waals surface area contributed by atoms with Crippen molar-refractivity contribution in [3.63, 3.8) is 0 Å². The molecule has 0 bridgehead atoms. The van der Waals surface area contributed by atoms with E-state index in [0.29, 0.717) is 12.6 Å². The summed E-state index contributed by atoms with van der Waals surface area (Å²) in [5.41, 5.74) is 7.97. The Bertz CT molecular complexity index is 1250. The van der Waals surface area contributed by atoms with E-state index in [1.54, 1.807) is 0 Å². The fourth-order valence-electron chi connectivity index (χ4n) is 4.51. The average molecular weight is 488 g/mol. The third-order valence-electron chi connectivity index (χ3n) is 6.62. The number of likely N-dealkylation sites (N-methyl/N-ethyl adjacent to an activating group) is 1. The lowest BCUT2D eigenvalue weighted by molar-refractivity contribution is 0.134. The van der Waals surface area contributed by atoms with Gasteiger partial charge in [-0.1, -0.05) is 5.57 Å². The number of nitrogens with one attached hydrogen (secondary N) is 1. The van der Waals surface area contributed by atoms with Crippen molar-refractivity contribution < 1.29 is 4.74 Å². The summed E-state index contributed by atoms with van der Waals surface area (Å²) in [5.74, 6) is 1.33. The first-order valence-corrected chi connectivity index (χ1v) is 12.5. The first-order valence-electron chi connectivity index (χ1n) is 12.5. The van der Waals surface area contributed by atoms with Crippen LogP contribution in [0.15, 0.2) is 47.0 Å². The third-order valence-corrected chi connectivity index (χ3v) is 6.62. The first-order chi connectivity index (χ1) is 17.3. The molecule has 1 aliphatic rings. The zero-order valence-corrected chi connectivity index (χ0v) is 22.3. The second-order valence-electron chi connectivity index (χ2n) is 9.62. The second kappa shape index (κ2) is 11.6. The fraction of sp³-hybridized carbons (Fsp3) is 0.429. The molecule has 1 saturated heterocycles. The van der Waals surface area contributed by atoms with Crippen molar-refractivity contribution in [3.8, 4) is 5.75 Å². The van der Waals surface area contributed by atoms with Crippen molar-refractivity contribution in [1.82, 2.24) is 25.0 Å². The summed E-state index contributed by atoms with van der Waals surface area (Å²) in [6, 6.07) is 12.1. The molecule has 2 aromatic carbocycles. The van der Waals surface area contributed by atoms with Gasteiger partial charge in [0, 0.05) is 56.7 Å². The number of hydrogen-bond acceptors (Lipinski definition) is 8. The molecule has 0 aliphatic carbocycles. The molecule has 0 amide bonds. The minimum atomic E-state index is 0.468. The zero-order chi connectivity index (χ0) is 25.7. The van der Waals surface area contributed by atoms with Crippen molar-refractivity contribution in [3.05, 3.63) is 53.1 Å². The van der Waals surface area contributed by atoms with Gasteiger partial charge in [-0.25, -0.2) is 4.98 Å². The van der Waals surface area contributed by atoms with Crippen LogP contribution in [0, 0.1) is 6.92 Å². The summed E-state index contributed by atoms with van der Waals surface area (Å²) in [6.45, 7) is 14.4. The van der Waals surface area contributed by atoms with Crippen LogP contribution in [0.1, 0.15) is 31.9 Å². The Balaban J connectivity index is 1.41. The lowest BCUT2D eigenvalue weighted by Crippen LogP contribution is -2.45. The molecule has 3 aromatic rings. The maximum atomic E-state index is 5.95. The monoisotopic (exact) mass is 487 g/mol. The zero-order valence-electron chi connectivity index (χ0n) is 22.3. The molecule has 0 radical (unpaired) electrons. The van der Waals surface area contributed by atoms with Crippen molar-refractivity contribution >= 4 is 34.0 Å². The number of allylic oxidation sites excluding steroid dienone is 2. The van der Waals surface area contributed by atoms with E-state index in [1.165, 1.54) is 5.57 Å². The van der Waals surface area contributed by atoms with Gasteiger partial charge >= 0.3 is 0 Å². The summed E-state index contributed by atoms with van der Waals surface area (Å²) in [5, 5.41) is 12.1. The summed E-state index contributed by atoms with van der Waals surface area (Å²) in [7, 11) is 3.99. The van der Waals surface area contributed by atoms with E-state index in [0.717, 1.165) is 77.6 Å². The van der Waals surface area contributed by atoms with Crippen molar-refractivity contribution in [2.75, 3.05) is 58.7 Å². The maximum Gasteiger partial charge on any atom is 0.247 e. The highest BCUT2D eigenvalue weighted by Crippen LogP contribution is 2.27. The van der Waals surface area contributed by atoms with E-state index in [1.807, 2.05) is 44.3 Å². The number of fused-ring (bicyclic) bond motifs is 1. The number of anilines is 2. The molecule has 0 saturated carbocycles. The Morgan fingerprint density at radius 3 is 2.42 bits per heavy atom. The Kier molecular flexibility index (Phi) is 8.28. The highest BCUT2D eigenvalue weighted by atomic mass is 16.5. The number of aliphatic imine (C=N–C) groups is 1. The van der Waals surface area contributed by atoms with Crippen LogP contribution >= 0.6 is 0 Å². The predicted octanol–water partition coefficient (Wildman–Crippen LogP) is 4.59. The number of piperazine rings is 1. The Hall–Kier alpha value is -3.36. The van der Waals surface area contributed by atoms with E-state index in [4.69, 9.17) is 9.72 Å². The third kappa shape index (κ3) is 6.25. The van der Waals surface area contributed by atoms with Gasteiger partial charge in [0.15, 0.2) is 0 Å². The van der Waals surface area contributed by atoms with Crippen LogP contribution in [0.2, 0.25) is 0 Å². The molecule has 2 heterocycles. The Morgan fingerprint density at radius 2 is 1.75 bits per heavy atom. The average Bonchev–Trinajstić information content (AvgIpc) is 2.86. The Morgan fingerprint density at radius 1 is 1.03 bits per heavy atom. The largest absolute Gasteiger partial charge is 0.492 e. The molecule has 1 fully saturated rings. The van der Waals surface area contributed by atoms with E-state index >= 15 is 0 Å². The molecule has 0 unspecified atom stereocenters. The summed E-state index contributed by atoms with van der Waals surface area (Å²) in [4.78, 5) is 13.9. The standard InChI is InChI=1S/C28H37N7O/c1-19(2)26(21(4)29-5)22-17-20(3)27-25(18-22)32-33-28(31-27)30-23-7-9-24(10-8-23)36-16-15-35-13-11-34(6)12-14-35/h7-10,17-18H,11-16H2,1-6H3,(H,30,31,33). The maximum absolute atomic E-state index is 5.95. The van der Waals surface area contributed by atoms with Gasteiger partial charge in [-0.3, -0.25) is 9.89 Å². The fourth-order valence-corrected chi connectivity index (χ4v) is 4.51. The topological polar surface area (TPSA) is 78.8 Å². The minimum Gasteiger partial charge on any atom is -0.492 e. The van der Waals surface area contributed by atoms with Gasteiger partial charge in [0.05, 0.1) is 5.52 Å². The molecule has 36 heavy (non-hydrogen) atoms. The van der Waals surface area contributed by atoms with Gasteiger partial charge in [0.1, 0.15) is 17.9 Å². The number of rotatable bonds is 8. The van der Waals surface area contributed by atoms with E-state index in [9.17, 15) is 0 Å². The van der Waals surface area contributed by atoms with Gasteiger partial charge in [-0.05, 0) is 82.3 Å². The summed E-state index contributed by atoms with van der Waals surface area (Å²) < 4.78 is 5.95. The SMILES string of the molecule is CN=C(C)C(=C(C)C)c1cc(C)c2nc(Nc3ccc(OCCN4CCN(C)CC4)cc3)nnc2c1. The molecule has 8 heteroatoms. The highest BCUT2D eigenvalue weighted by Gasteiger charge is 2.14. The number of aryl methyl sites for hydroxylation is 1. The van der Waals surface area contributed by atoms with Gasteiger partial charge in [-0.2, -0.15) is 0 Å². The number of nitrogens with zero attached hydrogens (tertiary/aromatic N) is 6. The van der Waals surface area contributed by atoms with Crippen molar-refractivity contribution in [2.24, 2.45) is 4.99 Å². The molecular formula is C28H37N7O. The quantitative estimate of drug-likeness (QED) is 0.466. The molecular weight excluding hydrogens is 450 g/mol. The molecule has 1 aliphatic heterocycles. The Labute approximate surface area is 214 Å². The lowest BCUT2D eigenvalue weighted by Gasteiger charge is -2.32. The molecule has 1 N–H and O–H groups in total. The number of aromatic nitrogens is 3. The predicted molar refractivity (Wildman–Crippen MR) is 149 cm³/mol. The van der Waals surface area contributed by atoms with Crippen LogP contribution in [0.25, 0.3) is 16.6 Å². The highest BCUT2D eigenvalue weighted by molar-refractivity contribution is 6.23. The van der Waals surface area contributed by atoms with Gasteiger partial charge in [-0.15, -0.1) is 10.2 Å². The molecule has 0 atom stereocenters. The summed E-state index contributed by atoms with van der Waals surface area (Å²) >= 11 is 0. The minimum absolute atomic E-state index is 0.468. The lowest BCUT2D eigenvalue weighted by atomic mass is 9.95. The van der Waals surface area contributed by atoms with Gasteiger partial charge in [0.2, 0.25) is 5.95 Å². The van der Waals surface area contributed by atoms with Crippen LogP contribution in [-0.4, -0.2) is 84.1 Å². The molecule has 4 rings (SSSR count). The van der Waals surface area contributed by atoms with E-state index in [2.05, 4.69) is 64.2 Å². The molecule has 1 aromatic heterocycles. The number of hydrogen-bond donors (Lipinski definition) is 1. The van der Waals surface area contributed by atoms with Crippen LogP contribution in [0.5, 0.6) is 5.75 Å². The normalized spacial score (nSPS) is 15.2. The summed E-state index contributed by atoms with van der Waals surface area (Å²) in [6.07, 6.45) is 0. The van der Waals surface area contributed by atoms with Crippen LogP contribution < -0.4 is 10.1 Å². The first kappa shape index (κ1) is 25.7. The van der Waals surface area contributed by atoms with Crippen molar-refractivity contribution in [2.45, 2.75) is 27.7 Å².